The van der Waals surface area contributed by atoms with Gasteiger partial charge in [0.15, 0.2) is 6.79 Å². The topological polar surface area (TPSA) is 126 Å². The Morgan fingerprint density at radius 1 is 0.974 bits per heavy atom. The number of carbonyl (C=O) groups is 2. The first kappa shape index (κ1) is 26.7. The minimum absolute atomic E-state index is 0.00244. The van der Waals surface area contributed by atoms with Gasteiger partial charge < -0.3 is 24.4 Å². The summed E-state index contributed by atoms with van der Waals surface area (Å²) in [5.74, 6) is -0.364. The summed E-state index contributed by atoms with van der Waals surface area (Å²) in [5, 5.41) is 6.59. The lowest BCUT2D eigenvalue weighted by atomic mass is 9.98. The molecule has 3 aromatic rings. The lowest BCUT2D eigenvalue weighted by Gasteiger charge is -2.22. The van der Waals surface area contributed by atoms with Crippen LogP contribution in [-0.2, 0) is 25.5 Å². The van der Waals surface area contributed by atoms with Crippen LogP contribution in [-0.4, -0.2) is 57.1 Å². The summed E-state index contributed by atoms with van der Waals surface area (Å²) in [7, 11) is 1.43. The molecule has 196 valence electrons. The molecule has 0 aliphatic heterocycles. The highest BCUT2D eigenvalue weighted by molar-refractivity contribution is 5.79. The number of nitrogens with zero attached hydrogens (tertiary/aromatic N) is 4. The van der Waals surface area contributed by atoms with E-state index in [2.05, 4.69) is 39.6 Å². The van der Waals surface area contributed by atoms with Crippen molar-refractivity contribution in [2.75, 3.05) is 40.1 Å². The van der Waals surface area contributed by atoms with Crippen LogP contribution in [0.3, 0.4) is 0 Å². The van der Waals surface area contributed by atoms with Crippen molar-refractivity contribution in [1.82, 2.24) is 10.2 Å². The van der Waals surface area contributed by atoms with Crippen LogP contribution in [0.2, 0.25) is 0 Å². The molecule has 0 fully saturated rings. The van der Waals surface area contributed by atoms with Gasteiger partial charge in [-0.15, -0.1) is 0 Å². The fourth-order valence-electron chi connectivity index (χ4n) is 4.45. The predicted octanol–water partition coefficient (Wildman–Crippen LogP) is 5.12. The minimum atomic E-state index is -0.547. The van der Waals surface area contributed by atoms with E-state index >= 15 is 0 Å². The highest BCUT2D eigenvalue weighted by Crippen LogP contribution is 2.44. The van der Waals surface area contributed by atoms with E-state index in [-0.39, 0.29) is 44.9 Å². The van der Waals surface area contributed by atoms with Gasteiger partial charge in [-0.05, 0) is 33.3 Å². The van der Waals surface area contributed by atoms with Crippen LogP contribution in [0, 0.1) is 0 Å². The summed E-state index contributed by atoms with van der Waals surface area (Å²) in [5.41, 5.74) is 14.5. The van der Waals surface area contributed by atoms with Crippen molar-refractivity contribution in [2.24, 2.45) is 5.11 Å². The molecular weight excluding hydrogens is 486 g/mol. The maximum atomic E-state index is 12.5. The number of benzene rings is 3. The van der Waals surface area contributed by atoms with Gasteiger partial charge in [0, 0.05) is 43.3 Å². The van der Waals surface area contributed by atoms with Crippen LogP contribution in [0.5, 0.6) is 0 Å². The Morgan fingerprint density at radius 3 is 2.26 bits per heavy atom. The molecule has 0 bridgehead atoms. The number of nitrogens with one attached hydrogen (secondary N) is 1. The van der Waals surface area contributed by atoms with Crippen molar-refractivity contribution in [3.63, 3.8) is 0 Å². The fourth-order valence-corrected chi connectivity index (χ4v) is 4.45. The Hall–Kier alpha value is -4.37. The highest BCUT2D eigenvalue weighted by Gasteiger charge is 2.29. The van der Waals surface area contributed by atoms with Crippen molar-refractivity contribution < 1.29 is 23.8 Å². The first-order chi connectivity index (χ1) is 18.6. The molecule has 4 rings (SSSR count). The average Bonchev–Trinajstić information content (AvgIpc) is 3.27. The van der Waals surface area contributed by atoms with Crippen molar-refractivity contribution >= 4 is 17.7 Å². The van der Waals surface area contributed by atoms with Gasteiger partial charge in [-0.3, -0.25) is 4.79 Å². The predicted molar refractivity (Wildman–Crippen MR) is 142 cm³/mol. The second-order valence-corrected chi connectivity index (χ2v) is 8.68. The van der Waals surface area contributed by atoms with E-state index in [1.54, 1.807) is 24.3 Å². The Labute approximate surface area is 220 Å². The summed E-state index contributed by atoms with van der Waals surface area (Å²) < 4.78 is 15.5. The molecule has 1 aliphatic rings. The third-order valence-corrected chi connectivity index (χ3v) is 6.23. The lowest BCUT2D eigenvalue weighted by molar-refractivity contribution is -0.142. The quantitative estimate of drug-likeness (QED) is 0.0891. The number of hydrogen-bond donors (Lipinski definition) is 1. The SMILES string of the molecule is COCOC(=O)N(CCNCC(=O)OCC1c2ccccc2-c2ccccc21)Cc1ccc(N=[N+]=[N-])cc1. The molecule has 1 N–H and O–H groups in total. The van der Waals surface area contributed by atoms with Crippen molar-refractivity contribution in [3.8, 4) is 11.1 Å². The van der Waals surface area contributed by atoms with E-state index < -0.39 is 6.09 Å². The normalized spacial score (nSPS) is 11.7. The molecule has 0 spiro atoms. The molecule has 10 heteroatoms. The van der Waals surface area contributed by atoms with E-state index in [0.717, 1.165) is 16.7 Å². The molecule has 0 atom stereocenters. The van der Waals surface area contributed by atoms with E-state index in [4.69, 9.17) is 19.7 Å². The highest BCUT2D eigenvalue weighted by atomic mass is 16.7. The van der Waals surface area contributed by atoms with E-state index in [0.29, 0.717) is 12.2 Å². The van der Waals surface area contributed by atoms with Gasteiger partial charge in [-0.2, -0.15) is 0 Å². The van der Waals surface area contributed by atoms with Crippen LogP contribution >= 0.6 is 0 Å². The first-order valence-electron chi connectivity index (χ1n) is 12.2. The van der Waals surface area contributed by atoms with Gasteiger partial charge in [0.05, 0.1) is 6.54 Å². The standard InChI is InChI=1S/C28H29N5O5/c1-36-19-38-28(35)33(17-20-10-12-21(13-11-20)31-32-29)15-14-30-16-27(34)37-18-26-24-8-4-2-6-22(24)23-7-3-5-9-25(23)26/h2-13,26,30H,14-19H2,1H3. The second-order valence-electron chi connectivity index (χ2n) is 8.68. The minimum Gasteiger partial charge on any atom is -0.464 e. The van der Waals surface area contributed by atoms with Gasteiger partial charge in [-0.25, -0.2) is 4.79 Å². The van der Waals surface area contributed by atoms with Gasteiger partial charge in [0.25, 0.3) is 0 Å². The zero-order chi connectivity index (χ0) is 26.7. The summed E-state index contributed by atoms with van der Waals surface area (Å²) in [6.45, 7) is 1.01. The maximum absolute atomic E-state index is 12.5. The monoisotopic (exact) mass is 515 g/mol. The van der Waals surface area contributed by atoms with E-state index in [1.165, 1.54) is 23.1 Å². The first-order valence-corrected chi connectivity index (χ1v) is 12.2. The van der Waals surface area contributed by atoms with Gasteiger partial charge in [-0.1, -0.05) is 77.9 Å². The maximum Gasteiger partial charge on any atom is 0.412 e. The van der Waals surface area contributed by atoms with E-state index in [1.807, 2.05) is 24.3 Å². The molecule has 0 saturated carbocycles. The molecule has 10 nitrogen and oxygen atoms in total. The number of esters is 1. The molecular formula is C28H29N5O5. The molecule has 0 radical (unpaired) electrons. The summed E-state index contributed by atoms with van der Waals surface area (Å²) >= 11 is 0. The van der Waals surface area contributed by atoms with Crippen LogP contribution in [0.15, 0.2) is 77.9 Å². The number of amides is 1. The molecule has 1 aliphatic carbocycles. The lowest BCUT2D eigenvalue weighted by Crippen LogP contribution is -2.38. The Kier molecular flexibility index (Phi) is 9.31. The van der Waals surface area contributed by atoms with Crippen LogP contribution in [0.1, 0.15) is 22.6 Å². The fraction of sp³-hybridized carbons (Fsp3) is 0.286. The number of ether oxygens (including phenoxy) is 3. The average molecular weight is 516 g/mol. The van der Waals surface area contributed by atoms with Crippen LogP contribution < -0.4 is 5.32 Å². The molecule has 0 saturated heterocycles. The van der Waals surface area contributed by atoms with Crippen molar-refractivity contribution in [3.05, 3.63) is 99.9 Å². The molecule has 3 aromatic carbocycles. The largest absolute Gasteiger partial charge is 0.464 e. The number of hydrogen-bond acceptors (Lipinski definition) is 7. The number of carbonyl (C=O) groups excluding carboxylic acids is 2. The zero-order valence-corrected chi connectivity index (χ0v) is 21.1. The number of fused-ring (bicyclic) bond motifs is 3. The smallest absolute Gasteiger partial charge is 0.412 e. The Balaban J connectivity index is 1.27. The number of rotatable bonds is 12. The van der Waals surface area contributed by atoms with Crippen LogP contribution in [0.4, 0.5) is 10.5 Å². The summed E-state index contributed by atoms with van der Waals surface area (Å²) in [6, 6.07) is 23.2. The Bertz CT molecular complexity index is 1260. The van der Waals surface area contributed by atoms with Crippen LogP contribution in [0.25, 0.3) is 21.6 Å². The summed E-state index contributed by atoms with van der Waals surface area (Å²) in [6.07, 6.45) is -0.547. The molecule has 0 unspecified atom stereocenters. The molecule has 38 heavy (non-hydrogen) atoms. The molecule has 0 heterocycles. The summed E-state index contributed by atoms with van der Waals surface area (Å²) in [4.78, 5) is 29.2. The third-order valence-electron chi connectivity index (χ3n) is 6.23. The second kappa shape index (κ2) is 13.3. The zero-order valence-electron chi connectivity index (χ0n) is 21.1. The molecule has 1 amide bonds. The van der Waals surface area contributed by atoms with Gasteiger partial charge >= 0.3 is 12.1 Å². The number of methoxy groups -OCH3 is 1. The number of azide groups is 1. The third kappa shape index (κ3) is 6.68. The van der Waals surface area contributed by atoms with Gasteiger partial charge in [0.1, 0.15) is 6.61 Å². The Morgan fingerprint density at radius 2 is 1.63 bits per heavy atom. The van der Waals surface area contributed by atoms with Crippen molar-refractivity contribution in [2.45, 2.75) is 12.5 Å². The van der Waals surface area contributed by atoms with E-state index in [9.17, 15) is 9.59 Å². The van der Waals surface area contributed by atoms with Gasteiger partial charge in [0.2, 0.25) is 0 Å². The molecule has 0 aromatic heterocycles. The van der Waals surface area contributed by atoms with Crippen molar-refractivity contribution in [1.29, 1.82) is 0 Å².